The van der Waals surface area contributed by atoms with Crippen molar-refractivity contribution < 1.29 is 10.2 Å². The zero-order chi connectivity index (χ0) is 13.0. The lowest BCUT2D eigenvalue weighted by Crippen LogP contribution is -2.28. The molecule has 17 heavy (non-hydrogen) atoms. The van der Waals surface area contributed by atoms with E-state index in [0.717, 1.165) is 0 Å². The summed E-state index contributed by atoms with van der Waals surface area (Å²) in [5.74, 6) is 0. The molecule has 0 saturated carbocycles. The van der Waals surface area contributed by atoms with Crippen LogP contribution in [0.15, 0.2) is 11.0 Å². The van der Waals surface area contributed by atoms with E-state index in [-0.39, 0.29) is 29.8 Å². The molecule has 1 aromatic heterocycles. The zero-order valence-electron chi connectivity index (χ0n) is 9.72. The summed E-state index contributed by atoms with van der Waals surface area (Å²) in [5, 5.41) is 24.5. The maximum atomic E-state index is 11.8. The Balaban J connectivity index is 2.90. The fraction of sp³-hybridized carbons (Fsp3) is 0.600. The van der Waals surface area contributed by atoms with E-state index in [1.165, 1.54) is 10.9 Å². The van der Waals surface area contributed by atoms with Crippen molar-refractivity contribution in [3.63, 3.8) is 0 Å². The van der Waals surface area contributed by atoms with E-state index in [2.05, 4.69) is 10.4 Å². The lowest BCUT2D eigenvalue weighted by Gasteiger charge is -2.13. The molecule has 0 aromatic carbocycles. The van der Waals surface area contributed by atoms with E-state index in [4.69, 9.17) is 21.8 Å². The van der Waals surface area contributed by atoms with Crippen molar-refractivity contribution in [3.05, 3.63) is 21.6 Å². The van der Waals surface area contributed by atoms with Crippen LogP contribution in [0.25, 0.3) is 0 Å². The Hall–Kier alpha value is -1.11. The van der Waals surface area contributed by atoms with E-state index in [9.17, 15) is 4.79 Å². The maximum absolute atomic E-state index is 11.8. The van der Waals surface area contributed by atoms with Crippen LogP contribution in [0.4, 0.5) is 5.69 Å². The minimum Gasteiger partial charge on any atom is -0.394 e. The second kappa shape index (κ2) is 6.00. The summed E-state index contributed by atoms with van der Waals surface area (Å²) in [6.45, 7) is 3.39. The number of aliphatic hydroxyl groups is 2. The molecule has 1 heterocycles. The van der Waals surface area contributed by atoms with Gasteiger partial charge in [0, 0.05) is 6.54 Å². The molecule has 3 N–H and O–H groups in total. The summed E-state index contributed by atoms with van der Waals surface area (Å²) in [6.07, 6.45) is 0.520. The lowest BCUT2D eigenvalue weighted by molar-refractivity contribution is 0.105. The standard InChI is InChI=1S/C10H16ClN3O3/c1-6(2)14-10(17)9(11)8(4-13-14)12-3-7(16)5-15/h4,6-7,12,15-16H,3,5H2,1-2H3. The largest absolute Gasteiger partial charge is 0.394 e. The van der Waals surface area contributed by atoms with E-state index in [1.807, 2.05) is 13.8 Å². The molecular weight excluding hydrogens is 246 g/mol. The van der Waals surface area contributed by atoms with Crippen LogP contribution < -0.4 is 10.9 Å². The molecule has 1 atom stereocenters. The van der Waals surface area contributed by atoms with Crippen LogP contribution in [0.2, 0.25) is 5.02 Å². The number of anilines is 1. The van der Waals surface area contributed by atoms with Crippen LogP contribution in [0.1, 0.15) is 19.9 Å². The molecular formula is C10H16ClN3O3. The number of rotatable bonds is 5. The van der Waals surface area contributed by atoms with Crippen molar-refractivity contribution in [2.24, 2.45) is 0 Å². The fourth-order valence-electron chi connectivity index (χ4n) is 1.23. The highest BCUT2D eigenvalue weighted by Crippen LogP contribution is 2.16. The molecule has 0 aliphatic rings. The molecule has 0 amide bonds. The summed E-state index contributed by atoms with van der Waals surface area (Å²) in [6, 6.07) is -0.0721. The molecule has 6 nitrogen and oxygen atoms in total. The Morgan fingerprint density at radius 2 is 2.24 bits per heavy atom. The normalized spacial score (nSPS) is 12.8. The molecule has 96 valence electrons. The molecule has 0 radical (unpaired) electrons. The number of halogens is 1. The van der Waals surface area contributed by atoms with E-state index in [0.29, 0.717) is 5.69 Å². The third-order valence-electron chi connectivity index (χ3n) is 2.17. The minimum absolute atomic E-state index is 0.0267. The first-order valence-electron chi connectivity index (χ1n) is 5.27. The molecule has 0 aliphatic heterocycles. The van der Waals surface area contributed by atoms with Gasteiger partial charge in [0.05, 0.1) is 30.6 Å². The number of hydrogen-bond acceptors (Lipinski definition) is 5. The number of aliphatic hydroxyl groups excluding tert-OH is 2. The molecule has 7 heteroatoms. The third kappa shape index (κ3) is 3.42. The quantitative estimate of drug-likeness (QED) is 0.707. The summed E-state index contributed by atoms with van der Waals surface area (Å²) >= 11 is 5.89. The van der Waals surface area contributed by atoms with Gasteiger partial charge in [-0.15, -0.1) is 0 Å². The first-order valence-corrected chi connectivity index (χ1v) is 5.65. The predicted octanol–water partition coefficient (Wildman–Crippen LogP) is 0.243. The van der Waals surface area contributed by atoms with Crippen molar-refractivity contribution in [2.75, 3.05) is 18.5 Å². The number of aromatic nitrogens is 2. The minimum atomic E-state index is -0.904. The highest BCUT2D eigenvalue weighted by molar-refractivity contribution is 6.32. The molecule has 0 aliphatic carbocycles. The predicted molar refractivity (Wildman–Crippen MR) is 65.5 cm³/mol. The van der Waals surface area contributed by atoms with E-state index < -0.39 is 6.10 Å². The highest BCUT2D eigenvalue weighted by Gasteiger charge is 2.11. The average molecular weight is 262 g/mol. The van der Waals surface area contributed by atoms with Gasteiger partial charge in [0.2, 0.25) is 0 Å². The van der Waals surface area contributed by atoms with Crippen LogP contribution in [0, 0.1) is 0 Å². The van der Waals surface area contributed by atoms with Gasteiger partial charge < -0.3 is 15.5 Å². The average Bonchev–Trinajstić information content (AvgIpc) is 2.30. The number of hydrogen-bond donors (Lipinski definition) is 3. The van der Waals surface area contributed by atoms with Crippen molar-refractivity contribution >= 4 is 17.3 Å². The van der Waals surface area contributed by atoms with Crippen molar-refractivity contribution in [1.82, 2.24) is 9.78 Å². The lowest BCUT2D eigenvalue weighted by atomic mass is 10.3. The topological polar surface area (TPSA) is 87.4 Å². The maximum Gasteiger partial charge on any atom is 0.287 e. The third-order valence-corrected chi connectivity index (χ3v) is 2.54. The van der Waals surface area contributed by atoms with Crippen LogP contribution in [0.3, 0.4) is 0 Å². The molecule has 0 fully saturated rings. The Kier molecular flexibility index (Phi) is 4.92. The fourth-order valence-corrected chi connectivity index (χ4v) is 1.43. The van der Waals surface area contributed by atoms with Gasteiger partial charge in [0.1, 0.15) is 5.02 Å². The Morgan fingerprint density at radius 3 is 2.76 bits per heavy atom. The van der Waals surface area contributed by atoms with Gasteiger partial charge in [-0.25, -0.2) is 4.68 Å². The molecule has 0 saturated heterocycles. The van der Waals surface area contributed by atoms with Crippen LogP contribution in [-0.2, 0) is 0 Å². The zero-order valence-corrected chi connectivity index (χ0v) is 10.5. The molecule has 0 spiro atoms. The van der Waals surface area contributed by atoms with E-state index >= 15 is 0 Å². The summed E-state index contributed by atoms with van der Waals surface area (Å²) in [7, 11) is 0. The Morgan fingerprint density at radius 1 is 1.59 bits per heavy atom. The van der Waals surface area contributed by atoms with Gasteiger partial charge in [0.25, 0.3) is 5.56 Å². The Bertz CT molecular complexity index is 433. The molecule has 1 aromatic rings. The van der Waals surface area contributed by atoms with Gasteiger partial charge >= 0.3 is 0 Å². The smallest absolute Gasteiger partial charge is 0.287 e. The first kappa shape index (κ1) is 14.0. The first-order chi connectivity index (χ1) is 7.97. The molecule has 0 bridgehead atoms. The second-order valence-electron chi connectivity index (χ2n) is 3.93. The van der Waals surface area contributed by atoms with Crippen LogP contribution in [-0.4, -0.2) is 39.2 Å². The van der Waals surface area contributed by atoms with Gasteiger partial charge in [-0.3, -0.25) is 4.79 Å². The van der Waals surface area contributed by atoms with Gasteiger partial charge in [-0.05, 0) is 13.8 Å². The number of nitrogens with zero attached hydrogens (tertiary/aromatic N) is 2. The van der Waals surface area contributed by atoms with Crippen molar-refractivity contribution in [3.8, 4) is 0 Å². The van der Waals surface area contributed by atoms with Gasteiger partial charge in [-0.2, -0.15) is 5.10 Å². The monoisotopic (exact) mass is 261 g/mol. The number of nitrogens with one attached hydrogen (secondary N) is 1. The summed E-state index contributed by atoms with van der Waals surface area (Å²) < 4.78 is 1.27. The molecule has 1 unspecified atom stereocenters. The SMILES string of the molecule is CC(C)n1ncc(NCC(O)CO)c(Cl)c1=O. The molecule has 1 rings (SSSR count). The van der Waals surface area contributed by atoms with Crippen molar-refractivity contribution in [1.29, 1.82) is 0 Å². The van der Waals surface area contributed by atoms with Gasteiger partial charge in [0.15, 0.2) is 0 Å². The summed E-state index contributed by atoms with van der Waals surface area (Å²) in [5.41, 5.74) is -0.0359. The van der Waals surface area contributed by atoms with E-state index in [1.54, 1.807) is 0 Å². The second-order valence-corrected chi connectivity index (χ2v) is 4.31. The highest BCUT2D eigenvalue weighted by atomic mass is 35.5. The van der Waals surface area contributed by atoms with Gasteiger partial charge in [-0.1, -0.05) is 11.6 Å². The Labute approximate surface area is 104 Å². The van der Waals surface area contributed by atoms with Crippen LogP contribution in [0.5, 0.6) is 0 Å². The van der Waals surface area contributed by atoms with Crippen molar-refractivity contribution in [2.45, 2.75) is 26.0 Å². The summed E-state index contributed by atoms with van der Waals surface area (Å²) in [4.78, 5) is 11.8. The van der Waals surface area contributed by atoms with Crippen LogP contribution >= 0.6 is 11.6 Å².